The van der Waals surface area contributed by atoms with Gasteiger partial charge in [0, 0.05) is 10.6 Å². The number of hydrogen-bond donors (Lipinski definition) is 1. The molecule has 0 radical (unpaired) electrons. The fraction of sp³-hybridized carbons (Fsp3) is 0.200. The molecule has 4 heteroatoms. The molecule has 0 heterocycles. The van der Waals surface area contributed by atoms with Crippen molar-refractivity contribution in [2.75, 3.05) is 0 Å². The Morgan fingerprint density at radius 1 is 1.05 bits per heavy atom. The maximum atomic E-state index is 13.7. The quantitative estimate of drug-likeness (QED) is 0.870. The molecule has 19 heavy (non-hydrogen) atoms. The summed E-state index contributed by atoms with van der Waals surface area (Å²) in [5, 5.41) is 10.5. The Balaban J connectivity index is 2.56. The summed E-state index contributed by atoms with van der Waals surface area (Å²) in [5.41, 5.74) is 1.77. The lowest BCUT2D eigenvalue weighted by atomic mass is 9.97. The van der Waals surface area contributed by atoms with Gasteiger partial charge in [-0.2, -0.15) is 0 Å². The molecule has 2 rings (SSSR count). The highest BCUT2D eigenvalue weighted by molar-refractivity contribution is 6.31. The average molecular weight is 283 g/mol. The van der Waals surface area contributed by atoms with Crippen LogP contribution in [-0.4, -0.2) is 5.11 Å². The predicted octanol–water partition coefficient (Wildman–Crippen LogP) is 4.32. The molecular weight excluding hydrogens is 270 g/mol. The topological polar surface area (TPSA) is 20.2 Å². The van der Waals surface area contributed by atoms with Crippen LogP contribution in [-0.2, 0) is 0 Å². The van der Waals surface area contributed by atoms with E-state index in [0.29, 0.717) is 10.6 Å². The van der Waals surface area contributed by atoms with Gasteiger partial charge in [-0.25, -0.2) is 8.78 Å². The van der Waals surface area contributed by atoms with E-state index in [-0.39, 0.29) is 5.56 Å². The third kappa shape index (κ3) is 2.62. The van der Waals surface area contributed by atoms with E-state index in [9.17, 15) is 13.9 Å². The Kier molecular flexibility index (Phi) is 3.88. The number of aliphatic hydroxyl groups is 1. The summed E-state index contributed by atoms with van der Waals surface area (Å²) in [4.78, 5) is 0. The molecule has 0 saturated carbocycles. The van der Waals surface area contributed by atoms with E-state index in [0.717, 1.165) is 23.3 Å². The second-order valence-electron chi connectivity index (χ2n) is 4.50. The largest absolute Gasteiger partial charge is 0.383 e. The van der Waals surface area contributed by atoms with Gasteiger partial charge >= 0.3 is 0 Å². The van der Waals surface area contributed by atoms with Crippen molar-refractivity contribution in [3.05, 3.63) is 69.2 Å². The molecule has 1 atom stereocenters. The molecule has 0 fully saturated rings. The van der Waals surface area contributed by atoms with Crippen LogP contribution in [0.5, 0.6) is 0 Å². The van der Waals surface area contributed by atoms with E-state index in [1.165, 1.54) is 6.07 Å². The zero-order valence-corrected chi connectivity index (χ0v) is 11.3. The Bertz CT molecular complexity index is 606. The third-order valence-electron chi connectivity index (χ3n) is 3.18. The minimum Gasteiger partial charge on any atom is -0.383 e. The second-order valence-corrected chi connectivity index (χ2v) is 4.90. The number of halogens is 3. The fourth-order valence-corrected chi connectivity index (χ4v) is 2.26. The van der Waals surface area contributed by atoms with Gasteiger partial charge in [0.2, 0.25) is 0 Å². The van der Waals surface area contributed by atoms with Crippen molar-refractivity contribution in [3.8, 4) is 0 Å². The van der Waals surface area contributed by atoms with Crippen LogP contribution in [0, 0.1) is 25.5 Å². The van der Waals surface area contributed by atoms with Gasteiger partial charge in [-0.1, -0.05) is 23.7 Å². The van der Waals surface area contributed by atoms with Crippen molar-refractivity contribution >= 4 is 11.6 Å². The number of aryl methyl sites for hydroxylation is 2. The molecule has 100 valence electrons. The Hall–Kier alpha value is -1.45. The number of aliphatic hydroxyl groups excluding tert-OH is 1. The molecule has 0 aliphatic carbocycles. The Morgan fingerprint density at radius 2 is 1.58 bits per heavy atom. The molecule has 0 aliphatic heterocycles. The summed E-state index contributed by atoms with van der Waals surface area (Å²) in [6.07, 6.45) is -1.42. The lowest BCUT2D eigenvalue weighted by Crippen LogP contribution is -2.07. The van der Waals surface area contributed by atoms with Gasteiger partial charge < -0.3 is 5.11 Å². The Labute approximate surface area is 115 Å². The van der Waals surface area contributed by atoms with E-state index in [2.05, 4.69) is 0 Å². The molecule has 2 aromatic rings. The van der Waals surface area contributed by atoms with Crippen molar-refractivity contribution in [2.45, 2.75) is 20.0 Å². The summed E-state index contributed by atoms with van der Waals surface area (Å²) in [6.45, 7) is 3.72. The molecule has 0 bridgehead atoms. The van der Waals surface area contributed by atoms with Gasteiger partial charge in [-0.15, -0.1) is 0 Å². The summed E-state index contributed by atoms with van der Waals surface area (Å²) < 4.78 is 27.3. The van der Waals surface area contributed by atoms with E-state index in [1.807, 2.05) is 13.8 Å². The first-order chi connectivity index (χ1) is 8.91. The maximum absolute atomic E-state index is 13.7. The summed E-state index contributed by atoms with van der Waals surface area (Å²) >= 11 is 6.05. The van der Waals surface area contributed by atoms with Crippen LogP contribution in [0.2, 0.25) is 5.02 Å². The number of hydrogen-bond acceptors (Lipinski definition) is 1. The molecule has 0 amide bonds. The first kappa shape index (κ1) is 14.0. The van der Waals surface area contributed by atoms with Gasteiger partial charge in [0.25, 0.3) is 0 Å². The van der Waals surface area contributed by atoms with Crippen LogP contribution in [0.4, 0.5) is 8.78 Å². The highest BCUT2D eigenvalue weighted by Gasteiger charge is 2.22. The summed E-state index contributed by atoms with van der Waals surface area (Å²) in [6, 6.07) is 6.79. The molecule has 1 nitrogen and oxygen atoms in total. The van der Waals surface area contributed by atoms with E-state index >= 15 is 0 Å². The summed E-state index contributed by atoms with van der Waals surface area (Å²) in [5.74, 6) is -1.58. The summed E-state index contributed by atoms with van der Waals surface area (Å²) in [7, 11) is 0. The minimum absolute atomic E-state index is 0.290. The van der Waals surface area contributed by atoms with Crippen LogP contribution < -0.4 is 0 Å². The standard InChI is InChI=1S/C15H13ClF2O/c1-8-6-10(11(16)7-9(8)2)15(19)14-12(17)4-3-5-13(14)18/h3-7,15,19H,1-2H3. The van der Waals surface area contributed by atoms with Crippen molar-refractivity contribution in [1.82, 2.24) is 0 Å². The van der Waals surface area contributed by atoms with Gasteiger partial charge in [-0.05, 0) is 43.2 Å². The van der Waals surface area contributed by atoms with E-state index in [1.54, 1.807) is 12.1 Å². The van der Waals surface area contributed by atoms with Crippen LogP contribution >= 0.6 is 11.6 Å². The zero-order valence-electron chi connectivity index (χ0n) is 10.5. The molecule has 0 aliphatic rings. The lowest BCUT2D eigenvalue weighted by Gasteiger charge is -2.16. The molecular formula is C15H13ClF2O. The maximum Gasteiger partial charge on any atom is 0.132 e. The molecule has 1 unspecified atom stereocenters. The second kappa shape index (κ2) is 5.27. The normalized spacial score (nSPS) is 12.5. The van der Waals surface area contributed by atoms with Gasteiger partial charge in [0.15, 0.2) is 0 Å². The van der Waals surface area contributed by atoms with Crippen LogP contribution in [0.1, 0.15) is 28.4 Å². The van der Waals surface area contributed by atoms with Crippen LogP contribution in [0.15, 0.2) is 30.3 Å². The third-order valence-corrected chi connectivity index (χ3v) is 3.51. The first-order valence-corrected chi connectivity index (χ1v) is 6.18. The van der Waals surface area contributed by atoms with Gasteiger partial charge in [0.05, 0.1) is 5.56 Å². The molecule has 0 spiro atoms. The SMILES string of the molecule is Cc1cc(Cl)c(C(O)c2c(F)cccc2F)cc1C. The molecule has 2 aromatic carbocycles. The molecule has 0 saturated heterocycles. The van der Waals surface area contributed by atoms with E-state index in [4.69, 9.17) is 11.6 Å². The van der Waals surface area contributed by atoms with Crippen molar-refractivity contribution < 1.29 is 13.9 Å². The molecule has 1 N–H and O–H groups in total. The lowest BCUT2D eigenvalue weighted by molar-refractivity contribution is 0.209. The smallest absolute Gasteiger partial charge is 0.132 e. The highest BCUT2D eigenvalue weighted by atomic mass is 35.5. The molecule has 0 aromatic heterocycles. The van der Waals surface area contributed by atoms with Crippen molar-refractivity contribution in [2.24, 2.45) is 0 Å². The zero-order chi connectivity index (χ0) is 14.2. The minimum atomic E-state index is -1.42. The van der Waals surface area contributed by atoms with Crippen molar-refractivity contribution in [1.29, 1.82) is 0 Å². The monoisotopic (exact) mass is 282 g/mol. The average Bonchev–Trinajstić information content (AvgIpc) is 2.33. The first-order valence-electron chi connectivity index (χ1n) is 5.80. The Morgan fingerprint density at radius 3 is 2.16 bits per heavy atom. The fourth-order valence-electron chi connectivity index (χ4n) is 1.94. The van der Waals surface area contributed by atoms with Crippen LogP contribution in [0.3, 0.4) is 0 Å². The van der Waals surface area contributed by atoms with Gasteiger partial charge in [0.1, 0.15) is 17.7 Å². The van der Waals surface area contributed by atoms with E-state index < -0.39 is 17.7 Å². The highest BCUT2D eigenvalue weighted by Crippen LogP contribution is 2.32. The number of benzene rings is 2. The van der Waals surface area contributed by atoms with Crippen molar-refractivity contribution in [3.63, 3.8) is 0 Å². The number of rotatable bonds is 2. The van der Waals surface area contributed by atoms with Crippen LogP contribution in [0.25, 0.3) is 0 Å². The predicted molar refractivity (Wildman–Crippen MR) is 71.3 cm³/mol. The van der Waals surface area contributed by atoms with Gasteiger partial charge in [-0.3, -0.25) is 0 Å².